The van der Waals surface area contributed by atoms with Gasteiger partial charge in [-0.3, -0.25) is 4.79 Å². The minimum absolute atomic E-state index is 0.255. The van der Waals surface area contributed by atoms with Crippen LogP contribution in [0.2, 0.25) is 0 Å². The second-order valence-corrected chi connectivity index (χ2v) is 4.10. The third-order valence-corrected chi connectivity index (χ3v) is 2.47. The standard InChI is InChI=1S/C10H20N2O/c1-12(2)8-10(13)9-5-3-4-6-11-7-9/h9,11H,3-8H2,1-2H3. The second kappa shape index (κ2) is 5.35. The number of rotatable bonds is 3. The van der Waals surface area contributed by atoms with E-state index in [-0.39, 0.29) is 5.92 Å². The van der Waals surface area contributed by atoms with Gasteiger partial charge in [0.2, 0.25) is 0 Å². The van der Waals surface area contributed by atoms with E-state index in [1.54, 1.807) is 0 Å². The summed E-state index contributed by atoms with van der Waals surface area (Å²) in [5.74, 6) is 0.643. The van der Waals surface area contributed by atoms with E-state index in [0.29, 0.717) is 12.3 Å². The Balaban J connectivity index is 2.35. The highest BCUT2D eigenvalue weighted by atomic mass is 16.1. The minimum Gasteiger partial charge on any atom is -0.316 e. The molecule has 1 heterocycles. The van der Waals surface area contributed by atoms with Gasteiger partial charge in [0.25, 0.3) is 0 Å². The number of ketones is 1. The molecule has 0 radical (unpaired) electrons. The first-order valence-corrected chi connectivity index (χ1v) is 5.08. The van der Waals surface area contributed by atoms with E-state index in [1.165, 1.54) is 12.8 Å². The van der Waals surface area contributed by atoms with Crippen molar-refractivity contribution in [2.24, 2.45) is 5.92 Å². The van der Waals surface area contributed by atoms with Crippen LogP contribution in [0.15, 0.2) is 0 Å². The molecule has 1 saturated heterocycles. The first-order valence-electron chi connectivity index (χ1n) is 5.08. The second-order valence-electron chi connectivity index (χ2n) is 4.10. The highest BCUT2D eigenvalue weighted by Gasteiger charge is 2.19. The minimum atomic E-state index is 0.255. The number of hydrogen-bond donors (Lipinski definition) is 1. The number of likely N-dealkylation sites (N-methyl/N-ethyl adjacent to an activating group) is 1. The summed E-state index contributed by atoms with van der Waals surface area (Å²) in [5.41, 5.74) is 0. The molecule has 1 N–H and O–H groups in total. The summed E-state index contributed by atoms with van der Waals surface area (Å²) in [4.78, 5) is 13.6. The number of carbonyl (C=O) groups excluding carboxylic acids is 1. The fraction of sp³-hybridized carbons (Fsp3) is 0.900. The lowest BCUT2D eigenvalue weighted by molar-refractivity contribution is -0.123. The molecule has 76 valence electrons. The van der Waals surface area contributed by atoms with E-state index in [4.69, 9.17) is 0 Å². The van der Waals surface area contributed by atoms with Gasteiger partial charge in [-0.1, -0.05) is 6.42 Å². The molecular formula is C10H20N2O. The van der Waals surface area contributed by atoms with Crippen molar-refractivity contribution in [1.82, 2.24) is 10.2 Å². The van der Waals surface area contributed by atoms with Crippen LogP contribution in [0.4, 0.5) is 0 Å². The summed E-state index contributed by atoms with van der Waals surface area (Å²) in [6, 6.07) is 0. The van der Waals surface area contributed by atoms with E-state index < -0.39 is 0 Å². The lowest BCUT2D eigenvalue weighted by Gasteiger charge is -2.15. The molecule has 13 heavy (non-hydrogen) atoms. The van der Waals surface area contributed by atoms with Gasteiger partial charge >= 0.3 is 0 Å². The maximum absolute atomic E-state index is 11.7. The molecule has 0 amide bonds. The Labute approximate surface area is 80.5 Å². The number of carbonyl (C=O) groups is 1. The van der Waals surface area contributed by atoms with Crippen LogP contribution in [0, 0.1) is 5.92 Å². The largest absolute Gasteiger partial charge is 0.316 e. The Morgan fingerprint density at radius 1 is 1.46 bits per heavy atom. The number of Topliss-reactive ketones (excluding diaryl/α,β-unsaturated/α-hetero) is 1. The zero-order valence-corrected chi connectivity index (χ0v) is 8.68. The molecule has 0 aromatic heterocycles. The quantitative estimate of drug-likeness (QED) is 0.693. The van der Waals surface area contributed by atoms with Crippen molar-refractivity contribution in [3.63, 3.8) is 0 Å². The third-order valence-electron chi connectivity index (χ3n) is 2.47. The normalized spacial score (nSPS) is 24.4. The van der Waals surface area contributed by atoms with Crippen molar-refractivity contribution >= 4 is 5.78 Å². The van der Waals surface area contributed by atoms with Gasteiger partial charge in [0, 0.05) is 12.5 Å². The predicted molar refractivity (Wildman–Crippen MR) is 53.8 cm³/mol. The topological polar surface area (TPSA) is 32.3 Å². The molecule has 1 aliphatic heterocycles. The van der Waals surface area contributed by atoms with E-state index in [9.17, 15) is 4.79 Å². The molecule has 3 nitrogen and oxygen atoms in total. The molecule has 1 unspecified atom stereocenters. The van der Waals surface area contributed by atoms with Crippen LogP contribution >= 0.6 is 0 Å². The van der Waals surface area contributed by atoms with E-state index in [2.05, 4.69) is 5.32 Å². The third kappa shape index (κ3) is 3.87. The van der Waals surface area contributed by atoms with Crippen molar-refractivity contribution in [2.45, 2.75) is 19.3 Å². The average molecular weight is 184 g/mol. The van der Waals surface area contributed by atoms with Gasteiger partial charge in [0.15, 0.2) is 5.78 Å². The average Bonchev–Trinajstić information content (AvgIpc) is 2.29. The van der Waals surface area contributed by atoms with E-state index in [1.807, 2.05) is 19.0 Å². The molecule has 1 atom stereocenters. The highest BCUT2D eigenvalue weighted by molar-refractivity contribution is 5.83. The van der Waals surface area contributed by atoms with Crippen LogP contribution in [-0.4, -0.2) is 44.4 Å². The molecule has 0 aromatic rings. The lowest BCUT2D eigenvalue weighted by Crippen LogP contribution is -2.33. The van der Waals surface area contributed by atoms with Crippen LogP contribution < -0.4 is 5.32 Å². The summed E-state index contributed by atoms with van der Waals surface area (Å²) < 4.78 is 0. The monoisotopic (exact) mass is 184 g/mol. The van der Waals surface area contributed by atoms with Crippen molar-refractivity contribution in [3.05, 3.63) is 0 Å². The SMILES string of the molecule is CN(C)CC(=O)C1CCCCNC1. The molecule has 0 aliphatic carbocycles. The maximum Gasteiger partial charge on any atom is 0.151 e. The zero-order chi connectivity index (χ0) is 9.68. The summed E-state index contributed by atoms with van der Waals surface area (Å²) in [6.45, 7) is 2.55. The molecule has 1 fully saturated rings. The predicted octanol–water partition coefficient (Wildman–Crippen LogP) is 0.507. The highest BCUT2D eigenvalue weighted by Crippen LogP contribution is 2.12. The smallest absolute Gasteiger partial charge is 0.151 e. The summed E-state index contributed by atoms with van der Waals surface area (Å²) in [6.07, 6.45) is 3.47. The Bertz CT molecular complexity index is 160. The zero-order valence-electron chi connectivity index (χ0n) is 8.68. The molecule has 0 saturated carbocycles. The van der Waals surface area contributed by atoms with Gasteiger partial charge in [0.05, 0.1) is 6.54 Å². The fourth-order valence-electron chi connectivity index (χ4n) is 1.73. The number of nitrogens with one attached hydrogen (secondary N) is 1. The number of nitrogens with zero attached hydrogens (tertiary/aromatic N) is 1. The first-order chi connectivity index (χ1) is 6.20. The Hall–Kier alpha value is -0.410. The number of hydrogen-bond acceptors (Lipinski definition) is 3. The maximum atomic E-state index is 11.7. The van der Waals surface area contributed by atoms with Gasteiger partial charge in [-0.2, -0.15) is 0 Å². The van der Waals surface area contributed by atoms with Crippen molar-refractivity contribution in [2.75, 3.05) is 33.7 Å². The van der Waals surface area contributed by atoms with E-state index in [0.717, 1.165) is 19.5 Å². The van der Waals surface area contributed by atoms with Gasteiger partial charge in [-0.25, -0.2) is 0 Å². The summed E-state index contributed by atoms with van der Waals surface area (Å²) in [7, 11) is 3.89. The molecule has 1 rings (SSSR count). The van der Waals surface area contributed by atoms with Gasteiger partial charge in [-0.15, -0.1) is 0 Å². The summed E-state index contributed by atoms with van der Waals surface area (Å²) >= 11 is 0. The van der Waals surface area contributed by atoms with Crippen molar-refractivity contribution in [3.8, 4) is 0 Å². The van der Waals surface area contributed by atoms with Crippen molar-refractivity contribution in [1.29, 1.82) is 0 Å². The molecule has 0 aromatic carbocycles. The Morgan fingerprint density at radius 3 is 2.92 bits per heavy atom. The molecular weight excluding hydrogens is 164 g/mol. The van der Waals surface area contributed by atoms with Crippen LogP contribution in [0.3, 0.4) is 0 Å². The molecule has 0 spiro atoms. The van der Waals surface area contributed by atoms with Crippen LogP contribution in [0.25, 0.3) is 0 Å². The van der Waals surface area contributed by atoms with Crippen LogP contribution in [0.1, 0.15) is 19.3 Å². The molecule has 3 heteroatoms. The lowest BCUT2D eigenvalue weighted by atomic mass is 9.98. The summed E-state index contributed by atoms with van der Waals surface area (Å²) in [5, 5.41) is 3.31. The van der Waals surface area contributed by atoms with Gasteiger partial charge in [0.1, 0.15) is 0 Å². The van der Waals surface area contributed by atoms with Crippen LogP contribution in [0.5, 0.6) is 0 Å². The molecule has 0 bridgehead atoms. The Kier molecular flexibility index (Phi) is 4.39. The van der Waals surface area contributed by atoms with Crippen molar-refractivity contribution < 1.29 is 4.79 Å². The fourth-order valence-corrected chi connectivity index (χ4v) is 1.73. The van der Waals surface area contributed by atoms with E-state index >= 15 is 0 Å². The first kappa shape index (κ1) is 10.7. The van der Waals surface area contributed by atoms with Crippen LogP contribution in [-0.2, 0) is 4.79 Å². The Morgan fingerprint density at radius 2 is 2.23 bits per heavy atom. The molecule has 1 aliphatic rings. The van der Waals surface area contributed by atoms with Gasteiger partial charge in [-0.05, 0) is 33.5 Å². The van der Waals surface area contributed by atoms with Gasteiger partial charge < -0.3 is 10.2 Å².